The molecule has 0 heterocycles. The van der Waals surface area contributed by atoms with E-state index in [2.05, 4.69) is 12.2 Å². The van der Waals surface area contributed by atoms with Gasteiger partial charge in [0.15, 0.2) is 0 Å². The van der Waals surface area contributed by atoms with Gasteiger partial charge in [0.2, 0.25) is 5.91 Å². The zero-order valence-electron chi connectivity index (χ0n) is 24.6. The molecule has 2 N–H and O–H groups in total. The van der Waals surface area contributed by atoms with Crippen molar-refractivity contribution in [1.29, 1.82) is 0 Å². The van der Waals surface area contributed by atoms with Crippen LogP contribution >= 0.6 is 7.82 Å². The molecule has 0 saturated carbocycles. The van der Waals surface area contributed by atoms with Crippen LogP contribution in [0.25, 0.3) is 0 Å². The lowest BCUT2D eigenvalue weighted by molar-refractivity contribution is -0.149. The monoisotopic (exact) mass is 579 g/mol. The van der Waals surface area contributed by atoms with E-state index in [1.54, 1.807) is 0 Å². The van der Waals surface area contributed by atoms with E-state index >= 15 is 0 Å². The highest BCUT2D eigenvalue weighted by Crippen LogP contribution is 2.43. The molecule has 2 atom stereocenters. The summed E-state index contributed by atoms with van der Waals surface area (Å²) in [5.41, 5.74) is 0. The first-order chi connectivity index (χ1) is 18.7. The molecule has 1 amide bonds. The fourth-order valence-corrected chi connectivity index (χ4v) is 4.61. The number of rotatable bonds is 28. The number of Topliss-reactive ketones (excluding diaryl/α,β-unsaturated/α-hetero) is 1. The number of unbranched alkanes of at least 4 members (excludes halogenated alkanes) is 12. The summed E-state index contributed by atoms with van der Waals surface area (Å²) >= 11 is 0. The fraction of sp³-hybridized carbons (Fsp3) is 0.893. The summed E-state index contributed by atoms with van der Waals surface area (Å²) < 4.78 is 32.8. The average Bonchev–Trinajstić information content (AvgIpc) is 2.88. The first-order valence-electron chi connectivity index (χ1n) is 14.8. The molecule has 11 heteroatoms. The van der Waals surface area contributed by atoms with Crippen LogP contribution in [0.3, 0.4) is 0 Å². The van der Waals surface area contributed by atoms with E-state index in [1.807, 2.05) is 0 Å². The van der Waals surface area contributed by atoms with Crippen LogP contribution in [0.2, 0.25) is 0 Å². The number of hydrogen-bond donors (Lipinski definition) is 2. The van der Waals surface area contributed by atoms with Gasteiger partial charge < -0.3 is 24.5 Å². The number of ketones is 1. The van der Waals surface area contributed by atoms with Gasteiger partial charge in [-0.15, -0.1) is 0 Å². The van der Waals surface area contributed by atoms with Crippen molar-refractivity contribution in [2.45, 2.75) is 130 Å². The summed E-state index contributed by atoms with van der Waals surface area (Å²) in [5.74, 6) is -0.607. The SMILES string of the molecule is CCCCCCCCCCCCCCCC(=O)OC[C@H](COP(=O)(O)OCCNC(C)=O)OCCCC(C)=O. The van der Waals surface area contributed by atoms with Crippen molar-refractivity contribution in [3.05, 3.63) is 0 Å². The highest BCUT2D eigenvalue weighted by atomic mass is 31.2. The molecule has 0 rings (SSSR count). The standard InChI is InChI=1S/C28H54NO9P/c1-4-5-6-7-8-9-10-11-12-13-14-15-16-19-28(32)36-23-27(35-21-17-18-25(2)30)24-38-39(33,34)37-22-20-29-26(3)31/h27H,4-24H2,1-3H3,(H,29,31)(H,33,34)/t27-/m1/s1. The number of ether oxygens (including phenoxy) is 2. The molecule has 0 saturated heterocycles. The predicted molar refractivity (Wildman–Crippen MR) is 151 cm³/mol. The first kappa shape index (κ1) is 37.7. The second-order valence-electron chi connectivity index (χ2n) is 10.1. The van der Waals surface area contributed by atoms with Crippen LogP contribution < -0.4 is 5.32 Å². The van der Waals surface area contributed by atoms with Crippen LogP contribution in [0.1, 0.15) is 124 Å². The minimum Gasteiger partial charge on any atom is -0.463 e. The molecule has 10 nitrogen and oxygen atoms in total. The van der Waals surface area contributed by atoms with E-state index in [0.717, 1.165) is 19.3 Å². The Balaban J connectivity index is 4.12. The number of esters is 1. The molecule has 0 bridgehead atoms. The lowest BCUT2D eigenvalue weighted by Crippen LogP contribution is -2.28. The summed E-state index contributed by atoms with van der Waals surface area (Å²) in [6.45, 7) is 4.65. The van der Waals surface area contributed by atoms with Gasteiger partial charge in [-0.3, -0.25) is 18.6 Å². The molecule has 0 aromatic carbocycles. The van der Waals surface area contributed by atoms with Crippen molar-refractivity contribution in [3.8, 4) is 0 Å². The second-order valence-corrected chi connectivity index (χ2v) is 11.5. The molecule has 0 radical (unpaired) electrons. The normalized spacial score (nSPS) is 13.5. The molecule has 0 fully saturated rings. The predicted octanol–water partition coefficient (Wildman–Crippen LogP) is 6.04. The zero-order chi connectivity index (χ0) is 29.2. The number of phosphoric ester groups is 1. The largest absolute Gasteiger partial charge is 0.472 e. The first-order valence-corrected chi connectivity index (χ1v) is 16.3. The minimum absolute atomic E-state index is 0.0306. The summed E-state index contributed by atoms with van der Waals surface area (Å²) in [6, 6.07) is 0. The van der Waals surface area contributed by atoms with Crippen LogP contribution in [0.4, 0.5) is 0 Å². The molecule has 0 aromatic heterocycles. The number of nitrogens with one attached hydrogen (secondary N) is 1. The highest BCUT2D eigenvalue weighted by Gasteiger charge is 2.24. The van der Waals surface area contributed by atoms with Crippen molar-refractivity contribution in [2.75, 3.05) is 33.0 Å². The Morgan fingerprint density at radius 1 is 0.744 bits per heavy atom. The van der Waals surface area contributed by atoms with Crippen LogP contribution in [-0.2, 0) is 37.5 Å². The summed E-state index contributed by atoms with van der Waals surface area (Å²) in [5, 5.41) is 2.44. The van der Waals surface area contributed by atoms with Gasteiger partial charge in [0, 0.05) is 32.9 Å². The lowest BCUT2D eigenvalue weighted by Gasteiger charge is -2.20. The minimum atomic E-state index is -4.38. The van der Waals surface area contributed by atoms with E-state index in [4.69, 9.17) is 18.5 Å². The molecule has 0 aromatic rings. The third-order valence-electron chi connectivity index (χ3n) is 6.10. The summed E-state index contributed by atoms with van der Waals surface area (Å²) in [7, 11) is -4.38. The Labute approximate surface area is 235 Å². The third kappa shape index (κ3) is 28.0. The van der Waals surface area contributed by atoms with E-state index in [1.165, 1.54) is 78.1 Å². The van der Waals surface area contributed by atoms with Crippen LogP contribution in [0.15, 0.2) is 0 Å². The van der Waals surface area contributed by atoms with Gasteiger partial charge in [-0.05, 0) is 19.8 Å². The van der Waals surface area contributed by atoms with Gasteiger partial charge in [-0.1, -0.05) is 84.0 Å². The van der Waals surface area contributed by atoms with E-state index in [-0.39, 0.29) is 50.6 Å². The van der Waals surface area contributed by atoms with Crippen molar-refractivity contribution in [1.82, 2.24) is 5.32 Å². The Morgan fingerprint density at radius 2 is 1.31 bits per heavy atom. The number of phosphoric acid groups is 1. The maximum Gasteiger partial charge on any atom is 0.472 e. The number of carbonyl (C=O) groups is 3. The molecular weight excluding hydrogens is 525 g/mol. The maximum atomic E-state index is 12.2. The Morgan fingerprint density at radius 3 is 1.85 bits per heavy atom. The molecule has 0 aliphatic carbocycles. The zero-order valence-corrected chi connectivity index (χ0v) is 25.5. The lowest BCUT2D eigenvalue weighted by atomic mass is 10.0. The van der Waals surface area contributed by atoms with E-state index < -0.39 is 13.9 Å². The highest BCUT2D eigenvalue weighted by molar-refractivity contribution is 7.47. The molecular formula is C28H54NO9P. The number of amides is 1. The summed E-state index contributed by atoms with van der Waals surface area (Å²) in [4.78, 5) is 44.0. The Kier molecular flexibility index (Phi) is 24.8. The Hall–Kier alpha value is -1.32. The summed E-state index contributed by atoms with van der Waals surface area (Å²) in [6.07, 6.45) is 16.3. The quantitative estimate of drug-likeness (QED) is 0.0646. The topological polar surface area (TPSA) is 137 Å². The molecule has 0 spiro atoms. The Bertz CT molecular complexity index is 690. The third-order valence-corrected chi connectivity index (χ3v) is 7.08. The van der Waals surface area contributed by atoms with Crippen LogP contribution in [0.5, 0.6) is 0 Å². The second kappa shape index (κ2) is 25.6. The molecule has 230 valence electrons. The van der Waals surface area contributed by atoms with Crippen molar-refractivity contribution in [3.63, 3.8) is 0 Å². The van der Waals surface area contributed by atoms with Gasteiger partial charge in [-0.2, -0.15) is 0 Å². The van der Waals surface area contributed by atoms with Crippen LogP contribution in [-0.4, -0.2) is 61.6 Å². The van der Waals surface area contributed by atoms with Crippen molar-refractivity contribution in [2.24, 2.45) is 0 Å². The van der Waals surface area contributed by atoms with Gasteiger partial charge in [0.05, 0.1) is 13.2 Å². The van der Waals surface area contributed by atoms with Gasteiger partial charge in [0.1, 0.15) is 18.5 Å². The molecule has 1 unspecified atom stereocenters. The van der Waals surface area contributed by atoms with Crippen molar-refractivity contribution < 1.29 is 42.4 Å². The van der Waals surface area contributed by atoms with E-state index in [9.17, 15) is 23.8 Å². The average molecular weight is 580 g/mol. The number of hydrogen-bond acceptors (Lipinski definition) is 8. The number of carbonyl (C=O) groups excluding carboxylic acids is 3. The maximum absolute atomic E-state index is 12.2. The molecule has 39 heavy (non-hydrogen) atoms. The van der Waals surface area contributed by atoms with E-state index in [0.29, 0.717) is 19.3 Å². The van der Waals surface area contributed by atoms with Gasteiger partial charge in [0.25, 0.3) is 0 Å². The van der Waals surface area contributed by atoms with Gasteiger partial charge in [-0.25, -0.2) is 4.57 Å². The fourth-order valence-electron chi connectivity index (χ4n) is 3.86. The molecule has 0 aliphatic heterocycles. The van der Waals surface area contributed by atoms with Crippen LogP contribution in [0, 0.1) is 0 Å². The smallest absolute Gasteiger partial charge is 0.463 e. The van der Waals surface area contributed by atoms with Crippen molar-refractivity contribution >= 4 is 25.5 Å². The molecule has 0 aliphatic rings. The van der Waals surface area contributed by atoms with Gasteiger partial charge >= 0.3 is 13.8 Å².